The molecule has 0 aliphatic rings. The van der Waals surface area contributed by atoms with Crippen LogP contribution in [0.2, 0.25) is 0 Å². The lowest BCUT2D eigenvalue weighted by Gasteiger charge is -2.19. The van der Waals surface area contributed by atoms with Gasteiger partial charge in [0.2, 0.25) is 5.91 Å². The van der Waals surface area contributed by atoms with E-state index in [2.05, 4.69) is 20.9 Å². The van der Waals surface area contributed by atoms with Crippen molar-refractivity contribution in [2.24, 2.45) is 0 Å². The Hall–Kier alpha value is -3.58. The first-order valence-electron chi connectivity index (χ1n) is 9.67. The zero-order valence-corrected chi connectivity index (χ0v) is 17.0. The van der Waals surface area contributed by atoms with Gasteiger partial charge in [0, 0.05) is 34.1 Å². The second-order valence-electron chi connectivity index (χ2n) is 6.88. The van der Waals surface area contributed by atoms with E-state index in [1.54, 1.807) is 23.5 Å². The number of H-pyrrole nitrogens is 1. The molecule has 6 nitrogen and oxygen atoms in total. The zero-order chi connectivity index (χ0) is 20.8. The van der Waals surface area contributed by atoms with Crippen LogP contribution in [0, 0.1) is 0 Å². The molecule has 0 radical (unpaired) electrons. The number of fused-ring (bicyclic) bond motifs is 1. The van der Waals surface area contributed by atoms with Crippen molar-refractivity contribution < 1.29 is 9.59 Å². The summed E-state index contributed by atoms with van der Waals surface area (Å²) in [5.74, 6) is -0.225. The maximum Gasteiger partial charge on any atom is 0.319 e. The number of anilines is 1. The molecule has 4 rings (SSSR count). The number of rotatable bonds is 7. The lowest BCUT2D eigenvalue weighted by atomic mass is 10.0. The van der Waals surface area contributed by atoms with E-state index < -0.39 is 12.1 Å². The summed E-state index contributed by atoms with van der Waals surface area (Å²) in [5.41, 5.74) is 2.64. The number of hydrogen-bond donors (Lipinski definition) is 4. The minimum Gasteiger partial charge on any atom is -0.361 e. The van der Waals surface area contributed by atoms with Crippen molar-refractivity contribution in [3.05, 3.63) is 88.7 Å². The van der Waals surface area contributed by atoms with E-state index in [0.29, 0.717) is 18.7 Å². The topological polar surface area (TPSA) is 86.0 Å². The Kier molecular flexibility index (Phi) is 6.10. The average Bonchev–Trinajstić information content (AvgIpc) is 3.42. The molecule has 152 valence electrons. The van der Waals surface area contributed by atoms with Gasteiger partial charge in [0.1, 0.15) is 6.04 Å². The van der Waals surface area contributed by atoms with Crippen LogP contribution in [0.25, 0.3) is 10.9 Å². The average molecular weight is 419 g/mol. The van der Waals surface area contributed by atoms with Crippen LogP contribution in [0.3, 0.4) is 0 Å². The number of thiophene rings is 1. The Bertz CT molecular complexity index is 1120. The Morgan fingerprint density at radius 3 is 2.57 bits per heavy atom. The molecule has 7 heteroatoms. The molecule has 0 unspecified atom stereocenters. The number of aromatic nitrogens is 1. The highest BCUT2D eigenvalue weighted by Gasteiger charge is 2.22. The molecule has 2 aromatic heterocycles. The van der Waals surface area contributed by atoms with Crippen LogP contribution < -0.4 is 16.0 Å². The molecule has 2 aromatic carbocycles. The first-order valence-corrected chi connectivity index (χ1v) is 10.5. The van der Waals surface area contributed by atoms with Gasteiger partial charge in [-0.15, -0.1) is 11.3 Å². The maximum absolute atomic E-state index is 12.9. The molecule has 1 atom stereocenters. The van der Waals surface area contributed by atoms with Gasteiger partial charge in [-0.05, 0) is 35.2 Å². The van der Waals surface area contributed by atoms with Crippen LogP contribution in [-0.2, 0) is 17.8 Å². The summed E-state index contributed by atoms with van der Waals surface area (Å²) in [7, 11) is 0. The van der Waals surface area contributed by atoms with Gasteiger partial charge in [0.25, 0.3) is 0 Å². The summed E-state index contributed by atoms with van der Waals surface area (Å²) in [4.78, 5) is 29.8. The molecular weight excluding hydrogens is 396 g/mol. The van der Waals surface area contributed by atoms with Gasteiger partial charge in [-0.25, -0.2) is 4.79 Å². The van der Waals surface area contributed by atoms with E-state index in [1.807, 2.05) is 66.2 Å². The third kappa shape index (κ3) is 4.87. The summed E-state index contributed by atoms with van der Waals surface area (Å²) in [6.07, 6.45) is 2.27. The van der Waals surface area contributed by atoms with Crippen LogP contribution in [0.1, 0.15) is 10.4 Å². The summed E-state index contributed by atoms with van der Waals surface area (Å²) in [6, 6.07) is 19.8. The van der Waals surface area contributed by atoms with E-state index in [4.69, 9.17) is 0 Å². The second kappa shape index (κ2) is 9.28. The van der Waals surface area contributed by atoms with Gasteiger partial charge in [0.05, 0.1) is 6.54 Å². The quantitative estimate of drug-likeness (QED) is 0.361. The number of benzene rings is 2. The Labute approximate surface area is 178 Å². The molecule has 2 heterocycles. The van der Waals surface area contributed by atoms with Crippen molar-refractivity contribution in [3.63, 3.8) is 0 Å². The van der Waals surface area contributed by atoms with Crippen molar-refractivity contribution >= 4 is 39.9 Å². The van der Waals surface area contributed by atoms with Crippen molar-refractivity contribution in [2.75, 3.05) is 5.32 Å². The number of hydrogen-bond acceptors (Lipinski definition) is 3. The van der Waals surface area contributed by atoms with E-state index in [9.17, 15) is 9.59 Å². The predicted octanol–water partition coefficient (Wildman–Crippen LogP) is 4.28. The normalized spacial score (nSPS) is 11.7. The standard InChI is InChI=1S/C23H22N4O2S/c28-22(25-15-18-9-6-12-30-18)21(27-23(29)26-17-7-2-1-3-8-17)13-16-14-24-20-11-5-4-10-19(16)20/h1-12,14,21,24H,13,15H2,(H,25,28)(H2,26,27,29)/t21-/m0/s1. The molecule has 0 fully saturated rings. The van der Waals surface area contributed by atoms with Crippen molar-refractivity contribution in [1.29, 1.82) is 0 Å². The lowest BCUT2D eigenvalue weighted by Crippen LogP contribution is -2.49. The van der Waals surface area contributed by atoms with Crippen molar-refractivity contribution in [2.45, 2.75) is 19.0 Å². The number of aromatic amines is 1. The van der Waals surface area contributed by atoms with Crippen molar-refractivity contribution in [3.8, 4) is 0 Å². The first-order chi connectivity index (χ1) is 14.7. The van der Waals surface area contributed by atoms with Crippen molar-refractivity contribution in [1.82, 2.24) is 15.6 Å². The lowest BCUT2D eigenvalue weighted by molar-refractivity contribution is -0.123. The molecular formula is C23H22N4O2S. The molecule has 0 spiro atoms. The minimum absolute atomic E-state index is 0.225. The SMILES string of the molecule is O=C(Nc1ccccc1)N[C@@H](Cc1c[nH]c2ccccc12)C(=O)NCc1cccs1. The highest BCUT2D eigenvalue weighted by molar-refractivity contribution is 7.09. The van der Waals surface area contributed by atoms with Gasteiger partial charge in [-0.2, -0.15) is 0 Å². The molecule has 4 N–H and O–H groups in total. The van der Waals surface area contributed by atoms with E-state index in [1.165, 1.54) is 0 Å². The summed E-state index contributed by atoms with van der Waals surface area (Å²) >= 11 is 1.58. The predicted molar refractivity (Wildman–Crippen MR) is 121 cm³/mol. The molecule has 0 aliphatic carbocycles. The molecule has 4 aromatic rings. The minimum atomic E-state index is -0.715. The number of carbonyl (C=O) groups is 2. The van der Waals surface area contributed by atoms with Crippen LogP contribution in [-0.4, -0.2) is 23.0 Å². The Morgan fingerprint density at radius 2 is 1.77 bits per heavy atom. The third-order valence-electron chi connectivity index (χ3n) is 4.77. The van der Waals surface area contributed by atoms with Gasteiger partial charge in [-0.1, -0.05) is 42.5 Å². The molecule has 0 aliphatic heterocycles. The molecule has 30 heavy (non-hydrogen) atoms. The summed E-state index contributed by atoms with van der Waals surface area (Å²) in [5, 5.41) is 11.5. The smallest absolute Gasteiger partial charge is 0.319 e. The van der Waals surface area contributed by atoms with Crippen LogP contribution in [0.15, 0.2) is 78.3 Å². The molecule has 0 bridgehead atoms. The zero-order valence-electron chi connectivity index (χ0n) is 16.2. The Balaban J connectivity index is 1.49. The number of carbonyl (C=O) groups excluding carboxylic acids is 2. The van der Waals surface area contributed by atoms with E-state index in [-0.39, 0.29) is 5.91 Å². The van der Waals surface area contributed by atoms with Gasteiger partial charge < -0.3 is 20.9 Å². The fourth-order valence-corrected chi connectivity index (χ4v) is 3.93. The first kappa shape index (κ1) is 19.7. The number of urea groups is 1. The second-order valence-corrected chi connectivity index (χ2v) is 7.91. The summed E-state index contributed by atoms with van der Waals surface area (Å²) < 4.78 is 0. The highest BCUT2D eigenvalue weighted by atomic mass is 32.1. The molecule has 3 amide bonds. The number of amides is 3. The number of para-hydroxylation sites is 2. The summed E-state index contributed by atoms with van der Waals surface area (Å²) in [6.45, 7) is 0.433. The maximum atomic E-state index is 12.9. The van der Waals surface area contributed by atoms with E-state index >= 15 is 0 Å². The monoisotopic (exact) mass is 418 g/mol. The van der Waals surface area contributed by atoms with Crippen LogP contribution >= 0.6 is 11.3 Å². The molecule has 0 saturated carbocycles. The van der Waals surface area contributed by atoms with Gasteiger partial charge in [-0.3, -0.25) is 4.79 Å². The van der Waals surface area contributed by atoms with Crippen LogP contribution in [0.5, 0.6) is 0 Å². The third-order valence-corrected chi connectivity index (χ3v) is 5.65. The Morgan fingerprint density at radius 1 is 0.967 bits per heavy atom. The van der Waals surface area contributed by atoms with Crippen LogP contribution in [0.4, 0.5) is 10.5 Å². The largest absolute Gasteiger partial charge is 0.361 e. The highest BCUT2D eigenvalue weighted by Crippen LogP contribution is 2.19. The van der Waals surface area contributed by atoms with Gasteiger partial charge in [0.15, 0.2) is 0 Å². The number of nitrogens with one attached hydrogen (secondary N) is 4. The fraction of sp³-hybridized carbons (Fsp3) is 0.130. The fourth-order valence-electron chi connectivity index (χ4n) is 3.29. The van der Waals surface area contributed by atoms with E-state index in [0.717, 1.165) is 21.3 Å². The molecule has 0 saturated heterocycles. The van der Waals surface area contributed by atoms with Gasteiger partial charge >= 0.3 is 6.03 Å².